The molecule has 6 heteroatoms. The highest BCUT2D eigenvalue weighted by Gasteiger charge is 2.06. The van der Waals surface area contributed by atoms with Gasteiger partial charge in [0.2, 0.25) is 5.91 Å². The van der Waals surface area contributed by atoms with Crippen LogP contribution in [0.3, 0.4) is 0 Å². The Labute approximate surface area is 176 Å². The van der Waals surface area contributed by atoms with Crippen molar-refractivity contribution in [3.05, 3.63) is 58.1 Å². The third-order valence-electron chi connectivity index (χ3n) is 4.00. The fraction of sp³-hybridized carbons (Fsp3) is 0.318. The maximum Gasteiger partial charge on any atom is 0.248 e. The van der Waals surface area contributed by atoms with E-state index in [0.717, 1.165) is 18.4 Å². The summed E-state index contributed by atoms with van der Waals surface area (Å²) in [6.07, 6.45) is 7.73. The van der Waals surface area contributed by atoms with Crippen molar-refractivity contribution in [3.63, 3.8) is 0 Å². The van der Waals surface area contributed by atoms with Crippen LogP contribution in [0.15, 0.2) is 42.5 Å². The van der Waals surface area contributed by atoms with Gasteiger partial charge in [-0.25, -0.2) is 0 Å². The van der Waals surface area contributed by atoms with Gasteiger partial charge >= 0.3 is 0 Å². The number of unbranched alkanes of at least 4 members (excludes halogenated alkanes) is 3. The number of benzene rings is 2. The van der Waals surface area contributed by atoms with Gasteiger partial charge in [0.05, 0.1) is 13.7 Å². The molecular formula is C22H25Cl2NO3. The fourth-order valence-electron chi connectivity index (χ4n) is 2.60. The first-order valence-corrected chi connectivity index (χ1v) is 10.0. The van der Waals surface area contributed by atoms with Crippen LogP contribution in [0, 0.1) is 0 Å². The normalized spacial score (nSPS) is 10.9. The zero-order valence-electron chi connectivity index (χ0n) is 16.1. The number of ether oxygens (including phenoxy) is 2. The van der Waals surface area contributed by atoms with Gasteiger partial charge in [-0.2, -0.15) is 0 Å². The fourth-order valence-corrected chi connectivity index (χ4v) is 3.13. The smallest absolute Gasteiger partial charge is 0.248 e. The van der Waals surface area contributed by atoms with Gasteiger partial charge in [0.1, 0.15) is 0 Å². The molecule has 0 aliphatic carbocycles. The van der Waals surface area contributed by atoms with E-state index >= 15 is 0 Å². The minimum atomic E-state index is -0.284. The van der Waals surface area contributed by atoms with Gasteiger partial charge in [0, 0.05) is 21.8 Å². The number of hydrogen-bond acceptors (Lipinski definition) is 3. The predicted molar refractivity (Wildman–Crippen MR) is 117 cm³/mol. The van der Waals surface area contributed by atoms with Crippen molar-refractivity contribution in [2.75, 3.05) is 19.0 Å². The van der Waals surface area contributed by atoms with Crippen LogP contribution in [0.25, 0.3) is 6.08 Å². The second-order valence-electron chi connectivity index (χ2n) is 6.30. The number of nitrogens with one attached hydrogen (secondary N) is 1. The maximum absolute atomic E-state index is 12.1. The van der Waals surface area contributed by atoms with Crippen LogP contribution in [-0.4, -0.2) is 19.6 Å². The van der Waals surface area contributed by atoms with Crippen LogP contribution in [0.5, 0.6) is 11.5 Å². The van der Waals surface area contributed by atoms with Crippen LogP contribution in [0.1, 0.15) is 38.2 Å². The summed E-state index contributed by atoms with van der Waals surface area (Å²) >= 11 is 11.9. The molecule has 2 aromatic rings. The lowest BCUT2D eigenvalue weighted by Gasteiger charge is -2.11. The van der Waals surface area contributed by atoms with E-state index in [1.807, 2.05) is 18.2 Å². The second-order valence-corrected chi connectivity index (χ2v) is 7.17. The summed E-state index contributed by atoms with van der Waals surface area (Å²) < 4.78 is 11.2. The molecule has 0 heterocycles. The van der Waals surface area contributed by atoms with E-state index in [0.29, 0.717) is 33.8 Å². The van der Waals surface area contributed by atoms with Crippen molar-refractivity contribution in [3.8, 4) is 11.5 Å². The molecule has 0 atom stereocenters. The Morgan fingerprint density at radius 3 is 2.46 bits per heavy atom. The number of carbonyl (C=O) groups excluding carboxylic acids is 1. The molecule has 0 radical (unpaired) electrons. The van der Waals surface area contributed by atoms with Crippen molar-refractivity contribution in [2.24, 2.45) is 0 Å². The predicted octanol–water partition coefficient (Wildman–Crippen LogP) is 6.61. The quantitative estimate of drug-likeness (QED) is 0.346. The van der Waals surface area contributed by atoms with Crippen molar-refractivity contribution >= 4 is 40.9 Å². The Kier molecular flexibility index (Phi) is 9.18. The zero-order valence-corrected chi connectivity index (χ0v) is 17.6. The molecule has 0 saturated heterocycles. The first-order chi connectivity index (χ1) is 13.5. The lowest BCUT2D eigenvalue weighted by atomic mass is 10.2. The topological polar surface area (TPSA) is 47.6 Å². The molecule has 2 rings (SSSR count). The number of rotatable bonds is 10. The molecule has 28 heavy (non-hydrogen) atoms. The average molecular weight is 422 g/mol. The van der Waals surface area contributed by atoms with Gasteiger partial charge < -0.3 is 14.8 Å². The molecule has 0 unspecified atom stereocenters. The molecule has 0 aliphatic heterocycles. The Morgan fingerprint density at radius 1 is 1.04 bits per heavy atom. The summed E-state index contributed by atoms with van der Waals surface area (Å²) in [5, 5.41) is 3.65. The lowest BCUT2D eigenvalue weighted by Crippen LogP contribution is -2.07. The number of amides is 1. The Hall–Kier alpha value is -2.17. The van der Waals surface area contributed by atoms with E-state index in [1.54, 1.807) is 31.4 Å². The van der Waals surface area contributed by atoms with Crippen molar-refractivity contribution in [1.29, 1.82) is 0 Å². The van der Waals surface area contributed by atoms with E-state index in [4.69, 9.17) is 32.7 Å². The second kappa shape index (κ2) is 11.6. The zero-order chi connectivity index (χ0) is 20.4. The van der Waals surface area contributed by atoms with Gasteiger partial charge in [-0.3, -0.25) is 4.79 Å². The van der Waals surface area contributed by atoms with E-state index in [9.17, 15) is 4.79 Å². The van der Waals surface area contributed by atoms with Gasteiger partial charge in [-0.1, -0.05) is 55.5 Å². The number of anilines is 1. The SMILES string of the molecule is CCCCCCOc1ccc(/C=C/C(=O)Nc2cc(Cl)cc(Cl)c2)cc1OC. The third-order valence-corrected chi connectivity index (χ3v) is 4.44. The highest BCUT2D eigenvalue weighted by molar-refractivity contribution is 6.35. The summed E-state index contributed by atoms with van der Waals surface area (Å²) in [4.78, 5) is 12.1. The number of methoxy groups -OCH3 is 1. The van der Waals surface area contributed by atoms with Crippen LogP contribution >= 0.6 is 23.2 Å². The molecule has 2 aromatic carbocycles. The minimum Gasteiger partial charge on any atom is -0.493 e. The summed E-state index contributed by atoms with van der Waals surface area (Å²) in [5.74, 6) is 1.06. The maximum atomic E-state index is 12.1. The molecule has 0 bridgehead atoms. The lowest BCUT2D eigenvalue weighted by molar-refractivity contribution is -0.111. The Bertz CT molecular complexity index is 801. The number of carbonyl (C=O) groups is 1. The first kappa shape index (κ1) is 22.1. The van der Waals surface area contributed by atoms with E-state index in [1.165, 1.54) is 18.9 Å². The van der Waals surface area contributed by atoms with E-state index < -0.39 is 0 Å². The molecule has 4 nitrogen and oxygen atoms in total. The molecule has 1 N–H and O–H groups in total. The molecule has 0 aromatic heterocycles. The Morgan fingerprint density at radius 2 is 1.79 bits per heavy atom. The summed E-state index contributed by atoms with van der Waals surface area (Å²) in [5.41, 5.74) is 1.37. The molecule has 0 spiro atoms. The molecule has 0 aliphatic rings. The monoisotopic (exact) mass is 421 g/mol. The van der Waals surface area contributed by atoms with Gasteiger partial charge in [0.25, 0.3) is 0 Å². The highest BCUT2D eigenvalue weighted by atomic mass is 35.5. The largest absolute Gasteiger partial charge is 0.493 e. The van der Waals surface area contributed by atoms with Crippen LogP contribution in [-0.2, 0) is 4.79 Å². The average Bonchev–Trinajstić information content (AvgIpc) is 2.66. The highest BCUT2D eigenvalue weighted by Crippen LogP contribution is 2.29. The number of hydrogen-bond donors (Lipinski definition) is 1. The van der Waals surface area contributed by atoms with Crippen LogP contribution in [0.2, 0.25) is 10.0 Å². The van der Waals surface area contributed by atoms with E-state index in [-0.39, 0.29) is 5.91 Å². The standard InChI is InChI=1S/C22H25Cl2NO3/c1-3-4-5-6-11-28-20-9-7-16(12-21(20)27-2)8-10-22(26)25-19-14-17(23)13-18(24)15-19/h7-10,12-15H,3-6,11H2,1-2H3,(H,25,26)/b10-8+. The number of halogens is 2. The van der Waals surface area contributed by atoms with E-state index in [2.05, 4.69) is 12.2 Å². The van der Waals surface area contributed by atoms with Crippen molar-refractivity contribution in [2.45, 2.75) is 32.6 Å². The van der Waals surface area contributed by atoms with Crippen molar-refractivity contribution in [1.82, 2.24) is 0 Å². The summed E-state index contributed by atoms with van der Waals surface area (Å²) in [6.45, 7) is 2.84. The summed E-state index contributed by atoms with van der Waals surface area (Å²) in [7, 11) is 1.60. The van der Waals surface area contributed by atoms with Crippen molar-refractivity contribution < 1.29 is 14.3 Å². The van der Waals surface area contributed by atoms with Gasteiger partial charge in [-0.05, 0) is 48.4 Å². The molecule has 150 valence electrons. The molecule has 1 amide bonds. The first-order valence-electron chi connectivity index (χ1n) is 9.28. The molecule has 0 saturated carbocycles. The van der Waals surface area contributed by atoms with Gasteiger partial charge in [-0.15, -0.1) is 0 Å². The molecule has 0 fully saturated rings. The van der Waals surface area contributed by atoms with Crippen LogP contribution in [0.4, 0.5) is 5.69 Å². The minimum absolute atomic E-state index is 0.284. The molecular weight excluding hydrogens is 397 g/mol. The Balaban J connectivity index is 1.96. The van der Waals surface area contributed by atoms with Gasteiger partial charge in [0.15, 0.2) is 11.5 Å². The third kappa shape index (κ3) is 7.45. The summed E-state index contributed by atoms with van der Waals surface area (Å²) in [6, 6.07) is 10.4. The van der Waals surface area contributed by atoms with Crippen LogP contribution < -0.4 is 14.8 Å².